The lowest BCUT2D eigenvalue weighted by Gasteiger charge is -2.28. The molecule has 6 amide bonds. The van der Waals surface area contributed by atoms with E-state index in [0.29, 0.717) is 75.2 Å². The van der Waals surface area contributed by atoms with Crippen LogP contribution in [-0.4, -0.2) is 104 Å². The van der Waals surface area contributed by atoms with Gasteiger partial charge in [-0.15, -0.1) is 0 Å². The number of amides is 6. The Morgan fingerprint density at radius 1 is 0.361 bits per heavy atom. The van der Waals surface area contributed by atoms with Gasteiger partial charge in [0.2, 0.25) is 17.7 Å². The molecule has 3 atom stereocenters. The number of aryl methyl sites for hydroxylation is 3. The predicted octanol–water partition coefficient (Wildman–Crippen LogP) is 9.50. The molecule has 0 aliphatic carbocycles. The minimum atomic E-state index is -1.96. The molecule has 0 fully saturated rings. The first-order valence-electron chi connectivity index (χ1n) is 33.0. The number of rotatable bonds is 33. The van der Waals surface area contributed by atoms with E-state index in [-0.39, 0.29) is 56.2 Å². The molecule has 97 heavy (non-hydrogen) atoms. The molecule has 0 bridgehead atoms. The molecule has 15 N–H and O–H groups in total. The van der Waals surface area contributed by atoms with Gasteiger partial charge in [-0.25, -0.2) is 0 Å². The third-order valence-electron chi connectivity index (χ3n) is 18.4. The maximum atomic E-state index is 14.6. The van der Waals surface area contributed by atoms with Crippen molar-refractivity contribution >= 4 is 103 Å². The standard InChI is InChI=1S/C76H88N12O9/c1-46-61(58-19-7-10-22-64(58)83-46)43-67(92)74(77,37-13-16-40-80-49(4)89)71(95)86-55-31-25-52(26-32-55)70(53-27-33-56(34-28-53)87-72(96)75(78,38-14-17-41-81-50(5)90)68(93)44-62-47(2)84-65-23-11-8-20-59(62)65)54-29-35-57(36-30-54)88-73(97)76(79,39-15-18-42-82-51(6)91)69(94)45-63-48(3)85-66-24-12-9-21-60(63)66/h7-12,19-36,70,83-85H,13-18,37-45,77-79H2,1-6H3,(H,80,89)(H,81,90)(H,82,91)(H,86,95)(H,87,96)(H,88,97)/t74-,75-,76-/m1/s1. The number of nitrogens with two attached hydrogens (primary N) is 3. The molecule has 0 unspecified atom stereocenters. The zero-order chi connectivity index (χ0) is 69.6. The Bertz CT molecular complexity index is 3940. The van der Waals surface area contributed by atoms with Gasteiger partial charge in [0.05, 0.1) is 0 Å². The van der Waals surface area contributed by atoms with E-state index < -0.39 is 57.6 Å². The number of benzene rings is 6. The van der Waals surface area contributed by atoms with Crippen molar-refractivity contribution in [3.63, 3.8) is 0 Å². The highest BCUT2D eigenvalue weighted by Crippen LogP contribution is 2.36. The van der Waals surface area contributed by atoms with Crippen LogP contribution in [0.5, 0.6) is 0 Å². The number of fused-ring (bicyclic) bond motifs is 3. The Morgan fingerprint density at radius 2 is 0.608 bits per heavy atom. The second-order valence-electron chi connectivity index (χ2n) is 25.5. The van der Waals surface area contributed by atoms with Crippen LogP contribution in [0, 0.1) is 20.8 Å². The van der Waals surface area contributed by atoms with E-state index in [0.717, 1.165) is 83.2 Å². The largest absolute Gasteiger partial charge is 0.358 e. The van der Waals surface area contributed by atoms with Crippen LogP contribution >= 0.6 is 0 Å². The average molecular weight is 1310 g/mol. The van der Waals surface area contributed by atoms with E-state index in [9.17, 15) is 43.2 Å². The number of hydrogen-bond acceptors (Lipinski definition) is 12. The number of anilines is 3. The van der Waals surface area contributed by atoms with E-state index in [4.69, 9.17) is 17.2 Å². The summed E-state index contributed by atoms with van der Waals surface area (Å²) in [6.07, 6.45) is 2.23. The number of hydrogen-bond donors (Lipinski definition) is 12. The monoisotopic (exact) mass is 1310 g/mol. The maximum absolute atomic E-state index is 14.6. The highest BCUT2D eigenvalue weighted by Gasteiger charge is 2.44. The number of H-pyrrole nitrogens is 3. The Kier molecular flexibility index (Phi) is 23.0. The second-order valence-corrected chi connectivity index (χ2v) is 25.5. The van der Waals surface area contributed by atoms with Crippen molar-refractivity contribution in [3.05, 3.63) is 196 Å². The van der Waals surface area contributed by atoms with Crippen LogP contribution in [0.1, 0.15) is 135 Å². The molecule has 9 rings (SSSR count). The first-order chi connectivity index (χ1) is 46.4. The number of nitrogens with one attached hydrogen (secondary N) is 9. The third kappa shape index (κ3) is 17.0. The number of aromatic nitrogens is 3. The fourth-order valence-corrected chi connectivity index (χ4v) is 12.7. The number of carbonyl (C=O) groups is 9. The molecule has 0 aliphatic heterocycles. The molecular formula is C76H88N12O9. The summed E-state index contributed by atoms with van der Waals surface area (Å²) < 4.78 is 0. The number of unbranched alkanes of at least 4 members (excludes halogenated alkanes) is 3. The minimum Gasteiger partial charge on any atom is -0.358 e. The van der Waals surface area contributed by atoms with Gasteiger partial charge in [0, 0.05) is 132 Å². The van der Waals surface area contributed by atoms with E-state index in [1.54, 1.807) is 36.4 Å². The molecule has 3 aromatic heterocycles. The predicted molar refractivity (Wildman–Crippen MR) is 380 cm³/mol. The summed E-state index contributed by atoms with van der Waals surface area (Å²) in [5.74, 6) is -4.65. The van der Waals surface area contributed by atoms with Gasteiger partial charge in [-0.1, -0.05) is 91.0 Å². The Morgan fingerprint density at radius 3 is 0.856 bits per heavy atom. The van der Waals surface area contributed by atoms with Crippen LogP contribution in [0.15, 0.2) is 146 Å². The van der Waals surface area contributed by atoms with Crippen molar-refractivity contribution in [2.24, 2.45) is 17.2 Å². The van der Waals surface area contributed by atoms with Gasteiger partial charge < -0.3 is 64.1 Å². The Hall–Kier alpha value is -10.4. The van der Waals surface area contributed by atoms with E-state index in [2.05, 4.69) is 46.9 Å². The van der Waals surface area contributed by atoms with Gasteiger partial charge >= 0.3 is 0 Å². The Balaban J connectivity index is 1.01. The summed E-state index contributed by atoms with van der Waals surface area (Å²) in [6, 6.07) is 44.1. The lowest BCUT2D eigenvalue weighted by molar-refractivity contribution is -0.134. The topological polar surface area (TPSA) is 351 Å². The van der Waals surface area contributed by atoms with E-state index in [1.807, 2.05) is 130 Å². The Labute approximate surface area is 564 Å². The summed E-state index contributed by atoms with van der Waals surface area (Å²) in [5.41, 5.74) is 25.5. The molecule has 0 radical (unpaired) electrons. The van der Waals surface area contributed by atoms with Gasteiger partial charge in [-0.05, 0) is 167 Å². The normalized spacial score (nSPS) is 13.3. The van der Waals surface area contributed by atoms with Gasteiger partial charge in [-0.3, -0.25) is 43.2 Å². The van der Waals surface area contributed by atoms with Gasteiger partial charge in [0.1, 0.15) is 0 Å². The SMILES string of the molecule is CC(=O)NCCCC[C@@](N)(C(=O)Cc1c(C)[nH]c2ccccc12)C(=O)Nc1ccc(C(c2ccc(NC(=O)[C@@](N)(CCCCNC(C)=O)C(=O)Cc3c(C)[nH]c4ccccc34)cc2)c2ccc(NC(=O)[C@@](N)(CCCCNC(C)=O)C(=O)Cc3c(C)[nH]c4ccccc34)cc2)cc1. The average Bonchev–Trinajstić information content (AvgIpc) is 1.60. The van der Waals surface area contributed by atoms with Crippen LogP contribution in [0.2, 0.25) is 0 Å². The lowest BCUT2D eigenvalue weighted by Crippen LogP contribution is -2.58. The number of carbonyl (C=O) groups excluding carboxylic acids is 9. The van der Waals surface area contributed by atoms with E-state index >= 15 is 0 Å². The van der Waals surface area contributed by atoms with Crippen molar-refractivity contribution in [1.29, 1.82) is 0 Å². The molecule has 506 valence electrons. The van der Waals surface area contributed by atoms with Crippen molar-refractivity contribution in [2.45, 2.75) is 141 Å². The molecule has 0 spiro atoms. The highest BCUT2D eigenvalue weighted by molar-refractivity contribution is 6.18. The fourth-order valence-electron chi connectivity index (χ4n) is 12.7. The van der Waals surface area contributed by atoms with Crippen LogP contribution in [-0.2, 0) is 62.4 Å². The van der Waals surface area contributed by atoms with Crippen LogP contribution in [0.4, 0.5) is 17.1 Å². The first kappa shape index (κ1) is 71.0. The molecule has 0 aliphatic rings. The summed E-state index contributed by atoms with van der Waals surface area (Å²) in [5, 5.41) is 19.7. The molecular weight excluding hydrogens is 1220 g/mol. The number of para-hydroxylation sites is 3. The van der Waals surface area contributed by atoms with Crippen molar-refractivity contribution < 1.29 is 43.2 Å². The number of aromatic amines is 3. The van der Waals surface area contributed by atoms with Gasteiger partial charge in [0.15, 0.2) is 34.0 Å². The first-order valence-corrected chi connectivity index (χ1v) is 33.0. The third-order valence-corrected chi connectivity index (χ3v) is 18.4. The van der Waals surface area contributed by atoms with E-state index in [1.165, 1.54) is 20.8 Å². The second kappa shape index (κ2) is 31.5. The van der Waals surface area contributed by atoms with Gasteiger partial charge in [0.25, 0.3) is 17.7 Å². The zero-order valence-corrected chi connectivity index (χ0v) is 55.9. The number of ketones is 3. The van der Waals surface area contributed by atoms with Crippen molar-refractivity contribution in [2.75, 3.05) is 35.6 Å². The van der Waals surface area contributed by atoms with Crippen LogP contribution in [0.3, 0.4) is 0 Å². The smallest absolute Gasteiger partial charge is 0.252 e. The summed E-state index contributed by atoms with van der Waals surface area (Å²) in [7, 11) is 0. The fraction of sp³-hybridized carbons (Fsp3) is 0.329. The summed E-state index contributed by atoms with van der Waals surface area (Å²) in [6.45, 7) is 10.9. The molecule has 21 nitrogen and oxygen atoms in total. The number of Topliss-reactive ketones (excluding diaryl/α,β-unsaturated/α-hetero) is 3. The molecule has 9 aromatic rings. The summed E-state index contributed by atoms with van der Waals surface area (Å²) in [4.78, 5) is 132. The molecule has 21 heteroatoms. The quantitative estimate of drug-likeness (QED) is 0.0104. The molecule has 3 heterocycles. The van der Waals surface area contributed by atoms with Crippen LogP contribution in [0.25, 0.3) is 32.7 Å². The molecule has 0 saturated carbocycles. The highest BCUT2D eigenvalue weighted by atomic mass is 16.2. The zero-order valence-electron chi connectivity index (χ0n) is 55.9. The molecule has 0 saturated heterocycles. The van der Waals surface area contributed by atoms with Crippen molar-refractivity contribution in [1.82, 2.24) is 30.9 Å². The lowest BCUT2D eigenvalue weighted by atomic mass is 9.83. The molecule has 6 aromatic carbocycles. The summed E-state index contributed by atoms with van der Waals surface area (Å²) >= 11 is 0. The van der Waals surface area contributed by atoms with Crippen molar-refractivity contribution in [3.8, 4) is 0 Å². The minimum absolute atomic E-state index is 0.00609. The van der Waals surface area contributed by atoms with Crippen LogP contribution < -0.4 is 49.1 Å². The maximum Gasteiger partial charge on any atom is 0.252 e. The van der Waals surface area contributed by atoms with Gasteiger partial charge in [-0.2, -0.15) is 0 Å².